The van der Waals surface area contributed by atoms with Crippen LogP contribution in [0.2, 0.25) is 0 Å². The van der Waals surface area contributed by atoms with Crippen molar-refractivity contribution in [2.75, 3.05) is 6.61 Å². The Morgan fingerprint density at radius 3 is 2.48 bits per heavy atom. The number of hydrogen-bond acceptors (Lipinski definition) is 6. The van der Waals surface area contributed by atoms with E-state index in [9.17, 15) is 26.3 Å². The summed E-state index contributed by atoms with van der Waals surface area (Å²) in [5, 5.41) is 3.68. The molecule has 0 bridgehead atoms. The van der Waals surface area contributed by atoms with Gasteiger partial charge in [-0.05, 0) is 30.3 Å². The highest BCUT2D eigenvalue weighted by Gasteiger charge is 2.35. The summed E-state index contributed by atoms with van der Waals surface area (Å²) in [5.74, 6) is -1.23. The zero-order valence-corrected chi connectivity index (χ0v) is 16.4. The molecule has 0 aliphatic heterocycles. The molecule has 14 heteroatoms. The highest BCUT2D eigenvalue weighted by atomic mass is 79.9. The molecule has 0 saturated heterocycles. The predicted octanol–water partition coefficient (Wildman–Crippen LogP) is 5.40. The topological polar surface area (TPSA) is 89.7 Å². The molecule has 1 aromatic carbocycles. The molecule has 4 rings (SSSR count). The van der Waals surface area contributed by atoms with Crippen LogP contribution in [0.5, 0.6) is 5.88 Å². The molecule has 4 aromatic rings. The minimum atomic E-state index is -4.89. The summed E-state index contributed by atoms with van der Waals surface area (Å²) in [5.41, 5.74) is -0.554. The Morgan fingerprint density at radius 2 is 1.77 bits per heavy atom. The van der Waals surface area contributed by atoms with Crippen LogP contribution < -0.4 is 4.74 Å². The molecule has 0 atom stereocenters. The second-order valence-corrected chi connectivity index (χ2v) is 7.04. The number of rotatable bonds is 4. The van der Waals surface area contributed by atoms with E-state index in [2.05, 4.69) is 45.8 Å². The van der Waals surface area contributed by atoms with E-state index in [1.54, 1.807) is 18.2 Å². The molecule has 0 saturated carbocycles. The molecule has 0 radical (unpaired) electrons. The van der Waals surface area contributed by atoms with Crippen molar-refractivity contribution in [3.8, 4) is 29.0 Å². The van der Waals surface area contributed by atoms with Crippen molar-refractivity contribution < 1.29 is 35.6 Å². The van der Waals surface area contributed by atoms with Gasteiger partial charge in [-0.3, -0.25) is 0 Å². The van der Waals surface area contributed by atoms with E-state index in [0.717, 1.165) is 10.5 Å². The molecule has 0 aliphatic rings. The van der Waals surface area contributed by atoms with Gasteiger partial charge in [0.15, 0.2) is 12.4 Å². The minimum Gasteiger partial charge on any atom is -0.467 e. The number of pyridine rings is 1. The Morgan fingerprint density at radius 1 is 1.00 bits per heavy atom. The summed E-state index contributed by atoms with van der Waals surface area (Å²) in [7, 11) is 0. The molecule has 3 aromatic heterocycles. The first-order valence-electron chi connectivity index (χ1n) is 8.27. The summed E-state index contributed by atoms with van der Waals surface area (Å²) in [6, 6.07) is 6.62. The van der Waals surface area contributed by atoms with Gasteiger partial charge in [-0.25, -0.2) is 9.97 Å². The molecule has 0 fully saturated rings. The van der Waals surface area contributed by atoms with Crippen molar-refractivity contribution in [3.63, 3.8) is 0 Å². The Bertz CT molecular complexity index is 1250. The van der Waals surface area contributed by atoms with Crippen LogP contribution in [-0.2, 0) is 6.18 Å². The van der Waals surface area contributed by atoms with Crippen LogP contribution in [0.15, 0.2) is 39.3 Å². The van der Waals surface area contributed by atoms with Crippen LogP contribution in [0.3, 0.4) is 0 Å². The van der Waals surface area contributed by atoms with Gasteiger partial charge in [-0.1, -0.05) is 21.1 Å². The first-order valence-corrected chi connectivity index (χ1v) is 9.06. The molecule has 0 aliphatic carbocycles. The number of imidazole rings is 1. The molecule has 3 heterocycles. The molecule has 162 valence electrons. The van der Waals surface area contributed by atoms with E-state index in [-0.39, 0.29) is 17.2 Å². The number of fused-ring (bicyclic) bond motifs is 1. The van der Waals surface area contributed by atoms with E-state index < -0.39 is 36.4 Å². The number of halogens is 7. The summed E-state index contributed by atoms with van der Waals surface area (Å²) in [6.45, 7) is -1.85. The highest BCUT2D eigenvalue weighted by Crippen LogP contribution is 2.35. The lowest BCUT2D eigenvalue weighted by Gasteiger charge is -2.13. The molecule has 0 unspecified atom stereocenters. The maximum Gasteiger partial charge on any atom is 0.433 e. The van der Waals surface area contributed by atoms with Crippen LogP contribution in [-0.4, -0.2) is 37.9 Å². The van der Waals surface area contributed by atoms with Gasteiger partial charge in [0, 0.05) is 4.47 Å². The van der Waals surface area contributed by atoms with Gasteiger partial charge in [0.1, 0.15) is 11.3 Å². The lowest BCUT2D eigenvalue weighted by atomic mass is 10.2. The standard InChI is InChI=1S/C17H8BrF6N5O2/c18-7-1-3-9-10(5-7)26-12(25-9)13-28-15(31-29-13)8-2-4-11(17(22,23)24)27-14(8)30-6-16(19,20)21/h1-5H,6H2,(H,25,26). The van der Waals surface area contributed by atoms with Crippen molar-refractivity contribution >= 4 is 27.0 Å². The number of hydrogen-bond donors (Lipinski definition) is 1. The first kappa shape index (κ1) is 21.1. The normalized spacial score (nSPS) is 12.5. The zero-order chi connectivity index (χ0) is 22.4. The third-order valence-corrected chi connectivity index (χ3v) is 4.33. The number of aromatic amines is 1. The average Bonchev–Trinajstić information content (AvgIpc) is 3.31. The number of nitrogens with zero attached hydrogens (tertiary/aromatic N) is 4. The maximum absolute atomic E-state index is 12.9. The SMILES string of the molecule is FC(F)(F)COc1nc(C(F)(F)F)ccc1-c1nc(-c2nc3ccc(Br)cc3[nH]2)no1. The van der Waals surface area contributed by atoms with E-state index in [0.29, 0.717) is 17.1 Å². The van der Waals surface area contributed by atoms with Crippen molar-refractivity contribution in [2.24, 2.45) is 0 Å². The van der Waals surface area contributed by atoms with E-state index in [4.69, 9.17) is 4.52 Å². The largest absolute Gasteiger partial charge is 0.467 e. The van der Waals surface area contributed by atoms with Crippen LogP contribution in [0, 0.1) is 0 Å². The van der Waals surface area contributed by atoms with Gasteiger partial charge in [-0.2, -0.15) is 31.3 Å². The summed E-state index contributed by atoms with van der Waals surface area (Å²) >= 11 is 3.31. The van der Waals surface area contributed by atoms with Gasteiger partial charge < -0.3 is 14.2 Å². The Hall–Kier alpha value is -3.16. The number of ether oxygens (including phenoxy) is 1. The molecule has 7 nitrogen and oxygen atoms in total. The number of H-pyrrole nitrogens is 1. The van der Waals surface area contributed by atoms with E-state index in [1.165, 1.54) is 0 Å². The Labute approximate surface area is 176 Å². The second kappa shape index (κ2) is 7.51. The molecule has 1 N–H and O–H groups in total. The summed E-state index contributed by atoms with van der Waals surface area (Å²) in [6.07, 6.45) is -9.69. The zero-order valence-electron chi connectivity index (χ0n) is 14.8. The number of alkyl halides is 6. The number of nitrogens with one attached hydrogen (secondary N) is 1. The average molecular weight is 508 g/mol. The fourth-order valence-corrected chi connectivity index (χ4v) is 2.90. The quantitative estimate of drug-likeness (QED) is 0.372. The van der Waals surface area contributed by atoms with Crippen LogP contribution in [0.25, 0.3) is 34.1 Å². The highest BCUT2D eigenvalue weighted by molar-refractivity contribution is 9.10. The van der Waals surface area contributed by atoms with Crippen molar-refractivity contribution in [2.45, 2.75) is 12.4 Å². The van der Waals surface area contributed by atoms with Crippen molar-refractivity contribution in [1.82, 2.24) is 25.1 Å². The second-order valence-electron chi connectivity index (χ2n) is 6.12. The fraction of sp³-hybridized carbons (Fsp3) is 0.176. The third-order valence-electron chi connectivity index (χ3n) is 3.84. The smallest absolute Gasteiger partial charge is 0.433 e. The minimum absolute atomic E-state index is 0.0657. The lowest BCUT2D eigenvalue weighted by molar-refractivity contribution is -0.154. The van der Waals surface area contributed by atoms with Crippen LogP contribution in [0.4, 0.5) is 26.3 Å². The van der Waals surface area contributed by atoms with Gasteiger partial charge in [-0.15, -0.1) is 0 Å². The van der Waals surface area contributed by atoms with Crippen molar-refractivity contribution in [1.29, 1.82) is 0 Å². The fourth-order valence-electron chi connectivity index (χ4n) is 2.54. The lowest BCUT2D eigenvalue weighted by Crippen LogP contribution is -2.20. The number of aromatic nitrogens is 5. The first-order chi connectivity index (χ1) is 14.5. The van der Waals surface area contributed by atoms with Crippen LogP contribution in [0.1, 0.15) is 5.69 Å². The Kier molecular flexibility index (Phi) is 5.11. The van der Waals surface area contributed by atoms with Gasteiger partial charge in [0.05, 0.1) is 11.0 Å². The monoisotopic (exact) mass is 507 g/mol. The van der Waals surface area contributed by atoms with Crippen LogP contribution >= 0.6 is 15.9 Å². The third kappa shape index (κ3) is 4.62. The summed E-state index contributed by atoms with van der Waals surface area (Å²) < 4.78 is 86.6. The molecular weight excluding hydrogens is 500 g/mol. The van der Waals surface area contributed by atoms with Gasteiger partial charge in [0.2, 0.25) is 11.7 Å². The molecule has 0 spiro atoms. The van der Waals surface area contributed by atoms with E-state index in [1.807, 2.05) is 0 Å². The van der Waals surface area contributed by atoms with E-state index >= 15 is 0 Å². The molecule has 0 amide bonds. The predicted molar refractivity (Wildman–Crippen MR) is 96.9 cm³/mol. The Balaban J connectivity index is 1.72. The molecular formula is C17H8BrF6N5O2. The van der Waals surface area contributed by atoms with Gasteiger partial charge in [0.25, 0.3) is 5.89 Å². The number of benzene rings is 1. The summed E-state index contributed by atoms with van der Waals surface area (Å²) in [4.78, 5) is 14.3. The van der Waals surface area contributed by atoms with Crippen molar-refractivity contribution in [3.05, 3.63) is 40.5 Å². The maximum atomic E-state index is 12.9. The van der Waals surface area contributed by atoms with Gasteiger partial charge >= 0.3 is 12.4 Å². The molecule has 31 heavy (non-hydrogen) atoms.